The molecule has 0 aliphatic carbocycles. The van der Waals surface area contributed by atoms with E-state index in [-0.39, 0.29) is 22.5 Å². The molecule has 0 saturated heterocycles. The first-order valence-electron chi connectivity index (χ1n) is 8.51. The molecule has 0 amide bonds. The predicted octanol–water partition coefficient (Wildman–Crippen LogP) is 4.13. The van der Waals surface area contributed by atoms with Crippen molar-refractivity contribution in [1.82, 2.24) is 0 Å². The first kappa shape index (κ1) is 19.5. The normalized spacial score (nSPS) is 10.9. The lowest BCUT2D eigenvalue weighted by Crippen LogP contribution is -2.14. The van der Waals surface area contributed by atoms with Gasteiger partial charge in [0.1, 0.15) is 11.5 Å². The first-order chi connectivity index (χ1) is 13.5. The molecule has 0 N–H and O–H groups in total. The number of fused-ring (bicyclic) bond motifs is 1. The smallest absolute Gasteiger partial charge is 0.243 e. The van der Waals surface area contributed by atoms with E-state index in [9.17, 15) is 14.4 Å². The third-order valence-corrected chi connectivity index (χ3v) is 5.15. The Labute approximate surface area is 165 Å². The summed E-state index contributed by atoms with van der Waals surface area (Å²) in [7, 11) is 3.10. The van der Waals surface area contributed by atoms with Gasteiger partial charge in [-0.15, -0.1) is 0 Å². The Morgan fingerprint density at radius 2 is 1.79 bits per heavy atom. The Hall–Kier alpha value is -3.25. The van der Waals surface area contributed by atoms with E-state index >= 15 is 0 Å². The van der Waals surface area contributed by atoms with Gasteiger partial charge >= 0.3 is 0 Å². The van der Waals surface area contributed by atoms with Crippen molar-refractivity contribution in [3.63, 3.8) is 0 Å². The van der Waals surface area contributed by atoms with Gasteiger partial charge in [-0.2, -0.15) is 0 Å². The number of hydrogen-bond donors (Lipinski definition) is 0. The molecular formula is C22H18O5S. The summed E-state index contributed by atoms with van der Waals surface area (Å²) in [6.07, 6.45) is 2.60. The number of allylic oxidation sites excluding steroid dienone is 1. The van der Waals surface area contributed by atoms with Gasteiger partial charge in [-0.1, -0.05) is 35.6 Å². The number of rotatable bonds is 7. The van der Waals surface area contributed by atoms with Gasteiger partial charge in [-0.3, -0.25) is 14.4 Å². The van der Waals surface area contributed by atoms with Gasteiger partial charge in [0.05, 0.1) is 26.2 Å². The third kappa shape index (κ3) is 4.35. The Bertz CT molecular complexity index is 1110. The van der Waals surface area contributed by atoms with Gasteiger partial charge in [0.15, 0.2) is 11.6 Å². The fourth-order valence-electron chi connectivity index (χ4n) is 2.70. The van der Waals surface area contributed by atoms with Crippen LogP contribution >= 0.6 is 11.3 Å². The molecule has 0 spiro atoms. The number of ketones is 2. The van der Waals surface area contributed by atoms with E-state index in [4.69, 9.17) is 9.47 Å². The minimum atomic E-state index is -0.501. The average molecular weight is 394 g/mol. The van der Waals surface area contributed by atoms with Crippen molar-refractivity contribution in [2.45, 2.75) is 6.42 Å². The highest BCUT2D eigenvalue weighted by atomic mass is 32.1. The van der Waals surface area contributed by atoms with Crippen LogP contribution in [0.3, 0.4) is 0 Å². The number of ether oxygens (including phenoxy) is 2. The molecule has 0 saturated carbocycles. The highest BCUT2D eigenvalue weighted by Gasteiger charge is 2.16. The summed E-state index contributed by atoms with van der Waals surface area (Å²) >= 11 is 0.969. The zero-order chi connectivity index (χ0) is 20.1. The molecule has 3 rings (SSSR count). The van der Waals surface area contributed by atoms with Crippen LogP contribution in [0.5, 0.6) is 11.5 Å². The second kappa shape index (κ2) is 8.63. The van der Waals surface area contributed by atoms with E-state index in [1.54, 1.807) is 55.7 Å². The monoisotopic (exact) mass is 394 g/mol. The van der Waals surface area contributed by atoms with Gasteiger partial charge in [-0.05, 0) is 42.0 Å². The molecule has 3 aromatic rings. The number of carbonyl (C=O) groups excluding carboxylic acids is 2. The van der Waals surface area contributed by atoms with Crippen molar-refractivity contribution in [2.24, 2.45) is 0 Å². The van der Waals surface area contributed by atoms with E-state index in [0.29, 0.717) is 11.1 Å². The molecule has 0 radical (unpaired) electrons. The molecule has 0 fully saturated rings. The zero-order valence-corrected chi connectivity index (χ0v) is 16.2. The summed E-state index contributed by atoms with van der Waals surface area (Å²) in [5, 5.41) is 0.680. The molecule has 0 aliphatic rings. The first-order valence-corrected chi connectivity index (χ1v) is 9.32. The second-order valence-electron chi connectivity index (χ2n) is 5.99. The van der Waals surface area contributed by atoms with E-state index in [0.717, 1.165) is 27.3 Å². The average Bonchev–Trinajstić information content (AvgIpc) is 2.71. The number of methoxy groups -OCH3 is 2. The van der Waals surface area contributed by atoms with E-state index in [1.807, 2.05) is 0 Å². The van der Waals surface area contributed by atoms with Crippen LogP contribution in [0.15, 0.2) is 59.4 Å². The van der Waals surface area contributed by atoms with Gasteiger partial charge in [0.25, 0.3) is 0 Å². The summed E-state index contributed by atoms with van der Waals surface area (Å²) in [4.78, 5) is 37.0. The zero-order valence-electron chi connectivity index (χ0n) is 15.4. The Balaban J connectivity index is 1.78. The summed E-state index contributed by atoms with van der Waals surface area (Å²) in [6.45, 7) is 0. The van der Waals surface area contributed by atoms with Crippen LogP contribution in [0.2, 0.25) is 0 Å². The van der Waals surface area contributed by atoms with Crippen LogP contribution in [0, 0.1) is 0 Å². The lowest BCUT2D eigenvalue weighted by Gasteiger charge is -2.05. The Morgan fingerprint density at radius 1 is 1.04 bits per heavy atom. The van der Waals surface area contributed by atoms with Crippen molar-refractivity contribution < 1.29 is 19.1 Å². The van der Waals surface area contributed by atoms with E-state index in [1.165, 1.54) is 19.3 Å². The second-order valence-corrected chi connectivity index (χ2v) is 7.01. The molecule has 0 unspecified atom stereocenters. The van der Waals surface area contributed by atoms with Gasteiger partial charge in [0.2, 0.25) is 4.74 Å². The fourth-order valence-corrected chi connectivity index (χ4v) is 3.60. The maximum Gasteiger partial charge on any atom is 0.243 e. The van der Waals surface area contributed by atoms with Crippen molar-refractivity contribution >= 4 is 39.1 Å². The minimum Gasteiger partial charge on any atom is -0.497 e. The summed E-state index contributed by atoms with van der Waals surface area (Å²) in [6, 6.07) is 14.0. The minimum absolute atomic E-state index is 0.00759. The topological polar surface area (TPSA) is 69.7 Å². The number of benzene rings is 2. The molecule has 1 heterocycles. The van der Waals surface area contributed by atoms with E-state index in [2.05, 4.69) is 0 Å². The molecule has 6 heteroatoms. The molecule has 0 atom stereocenters. The van der Waals surface area contributed by atoms with Crippen LogP contribution < -0.4 is 14.2 Å². The maximum atomic E-state index is 12.5. The Morgan fingerprint density at radius 3 is 2.46 bits per heavy atom. The lowest BCUT2D eigenvalue weighted by molar-refractivity contribution is -0.113. The van der Waals surface area contributed by atoms with Crippen LogP contribution in [-0.4, -0.2) is 25.8 Å². The molecule has 28 heavy (non-hydrogen) atoms. The lowest BCUT2D eigenvalue weighted by atomic mass is 10.1. The van der Waals surface area contributed by atoms with Gasteiger partial charge in [0, 0.05) is 10.1 Å². The molecule has 0 bridgehead atoms. The van der Waals surface area contributed by atoms with Crippen LogP contribution in [0.4, 0.5) is 0 Å². The molecule has 142 valence electrons. The molecule has 1 aromatic heterocycles. The predicted molar refractivity (Wildman–Crippen MR) is 111 cm³/mol. The largest absolute Gasteiger partial charge is 0.497 e. The van der Waals surface area contributed by atoms with Crippen molar-refractivity contribution in [1.29, 1.82) is 0 Å². The molecule has 5 nitrogen and oxygen atoms in total. The van der Waals surface area contributed by atoms with Crippen LogP contribution in [0.1, 0.15) is 22.3 Å². The standard InChI is InChI=1S/C22H18O5S/c1-26-16-10-7-14(8-11-16)6-9-15(23)12-19(24)17-13-18-20(27-2)4-3-5-21(18)28-22(17)25/h3-11,13H,12H2,1-2H3. The molecule has 2 aromatic carbocycles. The summed E-state index contributed by atoms with van der Waals surface area (Å²) in [5.41, 5.74) is 0.817. The maximum absolute atomic E-state index is 12.5. The Kier molecular flexibility index (Phi) is 6.01. The SMILES string of the molecule is COc1ccc(C=CC(=O)CC(=O)c2cc3c(OC)cccc3sc2=O)cc1. The summed E-state index contributed by atoms with van der Waals surface area (Å²) < 4.78 is 10.7. The number of hydrogen-bond acceptors (Lipinski definition) is 6. The van der Waals surface area contributed by atoms with Gasteiger partial charge in [-0.25, -0.2) is 0 Å². The fraction of sp³-hybridized carbons (Fsp3) is 0.136. The third-order valence-electron chi connectivity index (χ3n) is 4.17. The van der Waals surface area contributed by atoms with Crippen LogP contribution in [-0.2, 0) is 4.79 Å². The highest BCUT2D eigenvalue weighted by Crippen LogP contribution is 2.27. The molecular weight excluding hydrogens is 376 g/mol. The van der Waals surface area contributed by atoms with Crippen molar-refractivity contribution in [3.8, 4) is 11.5 Å². The van der Waals surface area contributed by atoms with E-state index < -0.39 is 5.78 Å². The van der Waals surface area contributed by atoms with Gasteiger partial charge < -0.3 is 9.47 Å². The van der Waals surface area contributed by atoms with Crippen molar-refractivity contribution in [3.05, 3.63) is 75.3 Å². The van der Waals surface area contributed by atoms with Crippen LogP contribution in [0.25, 0.3) is 16.2 Å². The summed E-state index contributed by atoms with van der Waals surface area (Å²) in [5.74, 6) is 0.423. The molecule has 0 aliphatic heterocycles. The highest BCUT2D eigenvalue weighted by molar-refractivity contribution is 7.16. The number of carbonyl (C=O) groups is 2. The van der Waals surface area contributed by atoms with Crippen molar-refractivity contribution in [2.75, 3.05) is 14.2 Å². The quantitative estimate of drug-likeness (QED) is 0.342. The number of Topliss-reactive ketones (excluding diaryl/α,β-unsaturated/α-hetero) is 1.